The van der Waals surface area contributed by atoms with Crippen molar-refractivity contribution in [2.75, 3.05) is 7.11 Å². The molecule has 2 aromatic rings. The van der Waals surface area contributed by atoms with Gasteiger partial charge in [0, 0.05) is 0 Å². The topological polar surface area (TPSA) is 65.0 Å². The molecule has 0 aliphatic carbocycles. The summed E-state index contributed by atoms with van der Waals surface area (Å²) in [7, 11) is -3.00. The fraction of sp³-hybridized carbons (Fsp3) is 0.167. The molecule has 0 bridgehead atoms. The Bertz CT molecular complexity index is 932. The molecule has 0 aliphatic rings. The van der Waals surface area contributed by atoms with Crippen LogP contribution in [0.3, 0.4) is 0 Å². The lowest BCUT2D eigenvalue weighted by Crippen LogP contribution is -2.21. The molecule has 27 heavy (non-hydrogen) atoms. The quantitative estimate of drug-likeness (QED) is 0.535. The van der Waals surface area contributed by atoms with E-state index in [0.717, 1.165) is 11.6 Å². The van der Waals surface area contributed by atoms with Crippen molar-refractivity contribution in [3.8, 4) is 5.75 Å². The number of ether oxygens (including phenoxy) is 1. The maximum atomic E-state index is 13.1. The van der Waals surface area contributed by atoms with E-state index >= 15 is 0 Å². The average Bonchev–Trinajstić information content (AvgIpc) is 2.61. The summed E-state index contributed by atoms with van der Waals surface area (Å²) in [4.78, 5) is -0.294. The number of hydrogen-bond donors (Lipinski definition) is 0. The van der Waals surface area contributed by atoms with Crippen molar-refractivity contribution in [1.29, 1.82) is 0 Å². The van der Waals surface area contributed by atoms with Gasteiger partial charge in [0.15, 0.2) is 5.71 Å². The summed E-state index contributed by atoms with van der Waals surface area (Å²) in [6.07, 6.45) is -3.13. The van der Waals surface area contributed by atoms with Crippen LogP contribution >= 0.6 is 0 Å². The van der Waals surface area contributed by atoms with Gasteiger partial charge in [0.2, 0.25) is 0 Å². The van der Waals surface area contributed by atoms with E-state index in [0.29, 0.717) is 17.4 Å². The minimum absolute atomic E-state index is 0.294. The van der Waals surface area contributed by atoms with Crippen molar-refractivity contribution in [1.82, 2.24) is 0 Å². The lowest BCUT2D eigenvalue weighted by molar-refractivity contribution is -0.0592. The fourth-order valence-corrected chi connectivity index (χ4v) is 2.64. The number of oxime groups is 1. The summed E-state index contributed by atoms with van der Waals surface area (Å²) in [5.74, 6) is 0.546. The van der Waals surface area contributed by atoms with E-state index in [1.807, 2.05) is 0 Å². The van der Waals surface area contributed by atoms with Crippen molar-refractivity contribution in [2.24, 2.45) is 5.16 Å². The summed E-state index contributed by atoms with van der Waals surface area (Å²) < 4.78 is 72.5. The van der Waals surface area contributed by atoms with Crippen molar-refractivity contribution < 1.29 is 30.6 Å². The Hall–Kier alpha value is -2.81. The van der Waals surface area contributed by atoms with Crippen molar-refractivity contribution >= 4 is 21.9 Å². The third kappa shape index (κ3) is 5.85. The molecule has 2 rings (SSSR count). The van der Waals surface area contributed by atoms with Crippen LogP contribution in [-0.4, -0.2) is 27.4 Å². The summed E-state index contributed by atoms with van der Waals surface area (Å²) in [6.45, 7) is 1.74. The Balaban J connectivity index is 2.24. The number of nitrogens with zero attached hydrogens (tertiary/aromatic N) is 1. The van der Waals surface area contributed by atoms with Gasteiger partial charge in [0.05, 0.1) is 7.11 Å². The van der Waals surface area contributed by atoms with Crippen LogP contribution in [0.5, 0.6) is 5.75 Å². The van der Waals surface area contributed by atoms with Crippen molar-refractivity contribution in [3.63, 3.8) is 0 Å². The number of hydrogen-bond acceptors (Lipinski definition) is 5. The number of alkyl halides is 3. The van der Waals surface area contributed by atoms with Gasteiger partial charge >= 0.3 is 16.3 Å². The van der Waals surface area contributed by atoms with Gasteiger partial charge in [-0.1, -0.05) is 41.1 Å². The van der Waals surface area contributed by atoms with Crippen LogP contribution in [0.1, 0.15) is 11.1 Å². The maximum Gasteiger partial charge on any atom is 0.436 e. The molecule has 0 saturated carbocycles. The van der Waals surface area contributed by atoms with Crippen LogP contribution in [0.15, 0.2) is 64.7 Å². The average molecular weight is 399 g/mol. The molecular weight excluding hydrogens is 383 g/mol. The molecule has 0 spiro atoms. The predicted octanol–water partition coefficient (Wildman–Crippen LogP) is 4.34. The zero-order valence-corrected chi connectivity index (χ0v) is 15.2. The van der Waals surface area contributed by atoms with Gasteiger partial charge in [-0.3, -0.25) is 4.28 Å². The van der Waals surface area contributed by atoms with Gasteiger partial charge in [-0.2, -0.15) is 21.6 Å². The largest absolute Gasteiger partial charge is 0.497 e. The van der Waals surface area contributed by atoms with Crippen LogP contribution < -0.4 is 4.74 Å². The van der Waals surface area contributed by atoms with Crippen LogP contribution in [0.4, 0.5) is 13.2 Å². The smallest absolute Gasteiger partial charge is 0.436 e. The van der Waals surface area contributed by atoms with Crippen LogP contribution in [-0.2, 0) is 14.4 Å². The molecule has 0 unspecified atom stereocenters. The first kappa shape index (κ1) is 20.5. The van der Waals surface area contributed by atoms with E-state index in [4.69, 9.17) is 4.74 Å². The van der Waals surface area contributed by atoms with E-state index in [9.17, 15) is 21.6 Å². The summed E-state index contributed by atoms with van der Waals surface area (Å²) in [5, 5.41) is 2.81. The second kappa shape index (κ2) is 8.26. The molecule has 0 aromatic heterocycles. The molecule has 0 fully saturated rings. The van der Waals surface area contributed by atoms with E-state index < -0.39 is 22.0 Å². The molecule has 0 saturated heterocycles. The van der Waals surface area contributed by atoms with Gasteiger partial charge in [-0.05, 0) is 42.8 Å². The van der Waals surface area contributed by atoms with Crippen LogP contribution in [0.25, 0.3) is 6.08 Å². The SMILES string of the molecule is COc1ccc(C=CC(=NOS(=O)(=O)c2ccc(C)cc2)C(F)(F)F)cc1. The number of halogens is 3. The highest BCUT2D eigenvalue weighted by Crippen LogP contribution is 2.21. The lowest BCUT2D eigenvalue weighted by atomic mass is 10.2. The molecule has 0 radical (unpaired) electrons. The van der Waals surface area contributed by atoms with Crippen LogP contribution in [0.2, 0.25) is 0 Å². The van der Waals surface area contributed by atoms with Crippen LogP contribution in [0, 0.1) is 6.92 Å². The highest BCUT2D eigenvalue weighted by atomic mass is 32.2. The highest BCUT2D eigenvalue weighted by molar-refractivity contribution is 7.86. The Labute approximate surface area is 154 Å². The molecule has 2 aromatic carbocycles. The minimum Gasteiger partial charge on any atom is -0.497 e. The lowest BCUT2D eigenvalue weighted by Gasteiger charge is -2.07. The van der Waals surface area contributed by atoms with E-state index in [2.05, 4.69) is 9.44 Å². The first-order valence-corrected chi connectivity index (χ1v) is 9.00. The van der Waals surface area contributed by atoms with E-state index in [-0.39, 0.29) is 4.90 Å². The number of allylic oxidation sites excluding steroid dienone is 1. The van der Waals surface area contributed by atoms with Gasteiger partial charge in [0.25, 0.3) is 0 Å². The highest BCUT2D eigenvalue weighted by Gasteiger charge is 2.35. The molecule has 5 nitrogen and oxygen atoms in total. The molecule has 9 heteroatoms. The second-order valence-electron chi connectivity index (χ2n) is 5.42. The van der Waals surface area contributed by atoms with E-state index in [1.165, 1.54) is 43.5 Å². The molecule has 0 N–H and O–H groups in total. The van der Waals surface area contributed by atoms with Gasteiger partial charge in [-0.15, -0.1) is 0 Å². The third-order valence-corrected chi connectivity index (χ3v) is 4.50. The standard InChI is InChI=1S/C18H16F3NO4S/c1-13-3-10-16(11-4-13)27(23,24)26-22-17(18(19,20)21)12-7-14-5-8-15(25-2)9-6-14/h3-12H,1-2H3. The Morgan fingerprint density at radius 2 is 1.63 bits per heavy atom. The number of aryl methyl sites for hydroxylation is 1. The second-order valence-corrected chi connectivity index (χ2v) is 6.95. The minimum atomic E-state index is -4.90. The zero-order valence-electron chi connectivity index (χ0n) is 14.4. The predicted molar refractivity (Wildman–Crippen MR) is 95.0 cm³/mol. The Kier molecular flexibility index (Phi) is 6.27. The first-order valence-electron chi connectivity index (χ1n) is 7.59. The molecule has 144 valence electrons. The summed E-state index contributed by atoms with van der Waals surface area (Å²) in [5.41, 5.74) is -0.265. The summed E-state index contributed by atoms with van der Waals surface area (Å²) in [6, 6.07) is 11.6. The van der Waals surface area contributed by atoms with Crippen molar-refractivity contribution in [2.45, 2.75) is 18.0 Å². The zero-order chi connectivity index (χ0) is 20.1. The molecular formula is C18H16F3NO4S. The van der Waals surface area contributed by atoms with E-state index in [1.54, 1.807) is 19.1 Å². The monoisotopic (exact) mass is 399 g/mol. The number of rotatable bonds is 6. The first-order chi connectivity index (χ1) is 12.6. The molecule has 0 amide bonds. The Morgan fingerprint density at radius 3 is 2.15 bits per heavy atom. The molecule has 0 heterocycles. The summed E-state index contributed by atoms with van der Waals surface area (Å²) >= 11 is 0. The molecule has 0 atom stereocenters. The van der Waals surface area contributed by atoms with Crippen molar-refractivity contribution in [3.05, 3.63) is 65.7 Å². The number of benzene rings is 2. The maximum absolute atomic E-state index is 13.1. The normalized spacial score (nSPS) is 13.0. The van der Waals surface area contributed by atoms with Gasteiger partial charge in [0.1, 0.15) is 10.6 Å². The third-order valence-electron chi connectivity index (χ3n) is 3.38. The van der Waals surface area contributed by atoms with Gasteiger partial charge in [-0.25, -0.2) is 0 Å². The Morgan fingerprint density at radius 1 is 1.04 bits per heavy atom. The van der Waals surface area contributed by atoms with Gasteiger partial charge < -0.3 is 4.74 Å². The number of methoxy groups -OCH3 is 1. The fourth-order valence-electron chi connectivity index (χ4n) is 1.90. The molecule has 0 aliphatic heterocycles.